The molecular weight excluding hydrogens is 287 g/mol. The van der Waals surface area contributed by atoms with Gasteiger partial charge in [-0.15, -0.1) is 0 Å². The zero-order valence-electron chi connectivity index (χ0n) is 11.0. The van der Waals surface area contributed by atoms with Crippen LogP contribution in [0.25, 0.3) is 10.9 Å². The number of ether oxygens (including phenoxy) is 1. The first-order valence-electron chi connectivity index (χ1n) is 6.16. The Morgan fingerprint density at radius 2 is 2.10 bits per heavy atom. The van der Waals surface area contributed by atoms with E-state index in [-0.39, 0.29) is 13.2 Å². The number of amides is 1. The molecule has 1 aromatic heterocycles. The summed E-state index contributed by atoms with van der Waals surface area (Å²) >= 11 is 0. The largest absolute Gasteiger partial charge is 0.411 e. The first-order chi connectivity index (χ1) is 9.85. The van der Waals surface area contributed by atoms with Crippen molar-refractivity contribution in [2.45, 2.75) is 6.18 Å². The van der Waals surface area contributed by atoms with Crippen LogP contribution in [0.4, 0.5) is 18.9 Å². The SMILES string of the molecule is Nc1ccc2[nH]c(C(=O)NCCOCC(F)(F)F)cc2c1. The topological polar surface area (TPSA) is 80.1 Å². The molecule has 0 saturated carbocycles. The number of nitrogens with one attached hydrogen (secondary N) is 2. The monoisotopic (exact) mass is 301 g/mol. The Bertz CT molecular complexity index is 637. The number of benzene rings is 1. The normalized spacial score (nSPS) is 11.8. The van der Waals surface area contributed by atoms with Crippen LogP contribution in [0.5, 0.6) is 0 Å². The molecule has 0 bridgehead atoms. The summed E-state index contributed by atoms with van der Waals surface area (Å²) in [6.45, 7) is -1.54. The summed E-state index contributed by atoms with van der Waals surface area (Å²) in [5.41, 5.74) is 7.28. The number of anilines is 1. The highest BCUT2D eigenvalue weighted by atomic mass is 19.4. The summed E-state index contributed by atoms with van der Waals surface area (Å²) in [4.78, 5) is 14.7. The molecule has 0 unspecified atom stereocenters. The smallest absolute Gasteiger partial charge is 0.399 e. The molecule has 8 heteroatoms. The van der Waals surface area contributed by atoms with E-state index < -0.39 is 18.7 Å². The third-order valence-electron chi connectivity index (χ3n) is 2.69. The summed E-state index contributed by atoms with van der Waals surface area (Å²) in [5, 5.41) is 3.25. The first kappa shape index (κ1) is 15.2. The van der Waals surface area contributed by atoms with Crippen molar-refractivity contribution in [1.82, 2.24) is 10.3 Å². The molecule has 114 valence electrons. The lowest BCUT2D eigenvalue weighted by molar-refractivity contribution is -0.173. The van der Waals surface area contributed by atoms with Gasteiger partial charge < -0.3 is 20.8 Å². The van der Waals surface area contributed by atoms with Crippen LogP contribution in [-0.2, 0) is 4.74 Å². The minimum absolute atomic E-state index is 0.00752. The minimum Gasteiger partial charge on any atom is -0.399 e. The predicted molar refractivity (Wildman–Crippen MR) is 71.9 cm³/mol. The second-order valence-electron chi connectivity index (χ2n) is 4.45. The molecule has 1 amide bonds. The fourth-order valence-electron chi connectivity index (χ4n) is 1.79. The predicted octanol–water partition coefficient (Wildman–Crippen LogP) is 2.06. The van der Waals surface area contributed by atoms with Crippen molar-refractivity contribution < 1.29 is 22.7 Å². The van der Waals surface area contributed by atoms with E-state index in [1.54, 1.807) is 24.3 Å². The van der Waals surface area contributed by atoms with Gasteiger partial charge in [0.2, 0.25) is 0 Å². The van der Waals surface area contributed by atoms with E-state index in [1.807, 2.05) is 0 Å². The van der Waals surface area contributed by atoms with Crippen molar-refractivity contribution in [2.75, 3.05) is 25.5 Å². The fraction of sp³-hybridized carbons (Fsp3) is 0.308. The van der Waals surface area contributed by atoms with E-state index in [1.165, 1.54) is 0 Å². The van der Waals surface area contributed by atoms with Gasteiger partial charge in [0.05, 0.1) is 6.61 Å². The van der Waals surface area contributed by atoms with Crippen molar-refractivity contribution in [3.8, 4) is 0 Å². The van der Waals surface area contributed by atoms with Crippen LogP contribution in [0, 0.1) is 0 Å². The number of aromatic amines is 1. The van der Waals surface area contributed by atoms with E-state index in [0.717, 1.165) is 10.9 Å². The van der Waals surface area contributed by atoms with Crippen LogP contribution in [0.2, 0.25) is 0 Å². The molecule has 0 atom stereocenters. The van der Waals surface area contributed by atoms with Gasteiger partial charge in [-0.1, -0.05) is 0 Å². The van der Waals surface area contributed by atoms with E-state index >= 15 is 0 Å². The van der Waals surface area contributed by atoms with E-state index in [2.05, 4.69) is 15.0 Å². The Morgan fingerprint density at radius 3 is 2.81 bits per heavy atom. The van der Waals surface area contributed by atoms with Gasteiger partial charge in [-0.25, -0.2) is 0 Å². The summed E-state index contributed by atoms with van der Waals surface area (Å²) < 4.78 is 39.9. The van der Waals surface area contributed by atoms with Crippen molar-refractivity contribution in [1.29, 1.82) is 0 Å². The van der Waals surface area contributed by atoms with Gasteiger partial charge in [0.1, 0.15) is 12.3 Å². The fourth-order valence-corrected chi connectivity index (χ4v) is 1.79. The Hall–Kier alpha value is -2.22. The number of carbonyl (C=O) groups is 1. The van der Waals surface area contributed by atoms with Crippen LogP contribution in [0.1, 0.15) is 10.5 Å². The molecule has 0 fully saturated rings. The maximum Gasteiger partial charge on any atom is 0.411 e. The van der Waals surface area contributed by atoms with Crippen LogP contribution in [0.3, 0.4) is 0 Å². The molecular formula is C13H14F3N3O2. The Balaban J connectivity index is 1.85. The number of carbonyl (C=O) groups excluding carboxylic acids is 1. The maximum absolute atomic E-state index is 11.8. The molecule has 2 rings (SSSR count). The minimum atomic E-state index is -4.36. The number of fused-ring (bicyclic) bond motifs is 1. The second kappa shape index (κ2) is 6.04. The highest BCUT2D eigenvalue weighted by Gasteiger charge is 2.27. The van der Waals surface area contributed by atoms with E-state index in [0.29, 0.717) is 11.4 Å². The zero-order valence-corrected chi connectivity index (χ0v) is 11.0. The number of H-pyrrole nitrogens is 1. The number of aromatic nitrogens is 1. The average molecular weight is 301 g/mol. The molecule has 0 aliphatic rings. The number of nitrogen functional groups attached to an aromatic ring is 1. The van der Waals surface area contributed by atoms with Gasteiger partial charge in [-0.2, -0.15) is 13.2 Å². The number of hydrogen-bond donors (Lipinski definition) is 3. The van der Waals surface area contributed by atoms with Gasteiger partial charge in [-0.3, -0.25) is 4.79 Å². The van der Waals surface area contributed by atoms with Gasteiger partial charge >= 0.3 is 6.18 Å². The quantitative estimate of drug-likeness (QED) is 0.584. The summed E-state index contributed by atoms with van der Waals surface area (Å²) in [5.74, 6) is -0.416. The second-order valence-corrected chi connectivity index (χ2v) is 4.45. The van der Waals surface area contributed by atoms with Gasteiger partial charge in [0.25, 0.3) is 5.91 Å². The summed E-state index contributed by atoms with van der Waals surface area (Å²) in [6, 6.07) is 6.78. The zero-order chi connectivity index (χ0) is 15.5. The lowest BCUT2D eigenvalue weighted by Crippen LogP contribution is -2.29. The molecule has 2 aromatic rings. The maximum atomic E-state index is 11.8. The lowest BCUT2D eigenvalue weighted by atomic mass is 10.2. The van der Waals surface area contributed by atoms with Gasteiger partial charge in [0, 0.05) is 23.1 Å². The highest BCUT2D eigenvalue weighted by molar-refractivity contribution is 5.98. The molecule has 0 aliphatic heterocycles. The Morgan fingerprint density at radius 1 is 1.33 bits per heavy atom. The summed E-state index contributed by atoms with van der Waals surface area (Å²) in [7, 11) is 0. The van der Waals surface area contributed by atoms with Crippen LogP contribution in [-0.4, -0.2) is 36.8 Å². The van der Waals surface area contributed by atoms with E-state index in [4.69, 9.17) is 5.73 Å². The van der Waals surface area contributed by atoms with Crippen molar-refractivity contribution in [3.63, 3.8) is 0 Å². The van der Waals surface area contributed by atoms with Crippen molar-refractivity contribution >= 4 is 22.5 Å². The van der Waals surface area contributed by atoms with Crippen LogP contribution >= 0.6 is 0 Å². The lowest BCUT2D eigenvalue weighted by Gasteiger charge is -2.07. The van der Waals surface area contributed by atoms with Crippen molar-refractivity contribution in [2.24, 2.45) is 0 Å². The van der Waals surface area contributed by atoms with Crippen LogP contribution in [0.15, 0.2) is 24.3 Å². The summed E-state index contributed by atoms with van der Waals surface area (Å²) in [6.07, 6.45) is -4.36. The molecule has 0 aliphatic carbocycles. The molecule has 0 spiro atoms. The number of nitrogens with two attached hydrogens (primary N) is 1. The van der Waals surface area contributed by atoms with Crippen molar-refractivity contribution in [3.05, 3.63) is 30.0 Å². The molecule has 1 heterocycles. The molecule has 21 heavy (non-hydrogen) atoms. The molecule has 0 saturated heterocycles. The van der Waals surface area contributed by atoms with Gasteiger partial charge in [0.15, 0.2) is 0 Å². The van der Waals surface area contributed by atoms with Crippen LogP contribution < -0.4 is 11.1 Å². The number of hydrogen-bond acceptors (Lipinski definition) is 3. The third kappa shape index (κ3) is 4.38. The Labute approximate surface area is 118 Å². The number of rotatable bonds is 5. The van der Waals surface area contributed by atoms with E-state index in [9.17, 15) is 18.0 Å². The molecule has 5 nitrogen and oxygen atoms in total. The first-order valence-corrected chi connectivity index (χ1v) is 6.16. The Kier molecular flexibility index (Phi) is 4.37. The van der Waals surface area contributed by atoms with Gasteiger partial charge in [-0.05, 0) is 24.3 Å². The highest BCUT2D eigenvalue weighted by Crippen LogP contribution is 2.18. The average Bonchev–Trinajstić information content (AvgIpc) is 2.79. The molecule has 0 radical (unpaired) electrons. The third-order valence-corrected chi connectivity index (χ3v) is 2.69. The number of halogens is 3. The standard InChI is InChI=1S/C13H14F3N3O2/c14-13(15,16)7-21-4-3-18-12(20)11-6-8-5-9(17)1-2-10(8)19-11/h1-2,5-6,19H,3-4,7,17H2,(H,18,20). The molecule has 1 aromatic carbocycles. The number of alkyl halides is 3. The molecule has 4 N–H and O–H groups in total.